The Bertz CT molecular complexity index is 530. The van der Waals surface area contributed by atoms with Gasteiger partial charge in [0, 0.05) is 5.56 Å². The standard InChI is InChI=1S/C11H7ClF6N2/c12-7(10(13,14)15)8(11(16,17)18)20-9(19)6-4-2-1-3-5-6/h1-5H,(H2,19,20). The smallest absolute Gasteiger partial charge is 0.383 e. The van der Waals surface area contributed by atoms with E-state index in [-0.39, 0.29) is 5.56 Å². The van der Waals surface area contributed by atoms with Gasteiger partial charge in [0.1, 0.15) is 5.84 Å². The number of nitrogens with two attached hydrogens (primary N) is 1. The summed E-state index contributed by atoms with van der Waals surface area (Å²) in [6.07, 6.45) is -10.8. The van der Waals surface area contributed by atoms with Gasteiger partial charge >= 0.3 is 12.4 Å². The molecule has 0 aliphatic rings. The molecule has 1 rings (SSSR count). The normalized spacial score (nSPS) is 15.1. The fourth-order valence-electron chi connectivity index (χ4n) is 1.17. The summed E-state index contributed by atoms with van der Waals surface area (Å²) in [5.74, 6) is -0.722. The molecule has 1 aromatic rings. The zero-order valence-electron chi connectivity index (χ0n) is 9.56. The van der Waals surface area contributed by atoms with E-state index in [1.165, 1.54) is 24.3 Å². The molecule has 0 radical (unpaired) electrons. The van der Waals surface area contributed by atoms with E-state index in [9.17, 15) is 26.3 Å². The summed E-state index contributed by atoms with van der Waals surface area (Å²) in [5.41, 5.74) is 3.02. The minimum absolute atomic E-state index is 0.0425. The Morgan fingerprint density at radius 3 is 1.85 bits per heavy atom. The summed E-state index contributed by atoms with van der Waals surface area (Å²) in [7, 11) is 0. The Morgan fingerprint density at radius 2 is 1.45 bits per heavy atom. The number of benzene rings is 1. The van der Waals surface area contributed by atoms with Crippen molar-refractivity contribution in [1.82, 2.24) is 0 Å². The summed E-state index contributed by atoms with van der Waals surface area (Å²) >= 11 is 4.71. The van der Waals surface area contributed by atoms with Crippen LogP contribution in [0.5, 0.6) is 0 Å². The first-order valence-electron chi connectivity index (χ1n) is 4.97. The van der Waals surface area contributed by atoms with Gasteiger partial charge in [0.15, 0.2) is 10.7 Å². The van der Waals surface area contributed by atoms with Gasteiger partial charge in [-0.15, -0.1) is 0 Å². The highest BCUT2D eigenvalue weighted by Gasteiger charge is 2.45. The molecular weight excluding hydrogens is 310 g/mol. The Hall–Kier alpha value is -1.70. The molecule has 1 aromatic carbocycles. The third-order valence-electron chi connectivity index (χ3n) is 2.03. The minimum atomic E-state index is -5.38. The van der Waals surface area contributed by atoms with E-state index in [0.717, 1.165) is 0 Å². The molecule has 20 heavy (non-hydrogen) atoms. The summed E-state index contributed by atoms with van der Waals surface area (Å²) in [6, 6.07) is 7.04. The maximum absolute atomic E-state index is 12.6. The second kappa shape index (κ2) is 5.74. The maximum Gasteiger partial charge on any atom is 0.434 e. The van der Waals surface area contributed by atoms with Crippen LogP contribution >= 0.6 is 11.6 Å². The number of hydrogen-bond donors (Lipinski definition) is 1. The van der Waals surface area contributed by atoms with Gasteiger partial charge in [-0.3, -0.25) is 0 Å². The van der Waals surface area contributed by atoms with Gasteiger partial charge in [-0.1, -0.05) is 41.9 Å². The second-order valence-electron chi connectivity index (χ2n) is 3.52. The van der Waals surface area contributed by atoms with E-state index in [0.29, 0.717) is 0 Å². The van der Waals surface area contributed by atoms with E-state index in [1.807, 2.05) is 0 Å². The van der Waals surface area contributed by atoms with Crippen LogP contribution in [0.1, 0.15) is 5.56 Å². The molecule has 0 amide bonds. The first-order valence-corrected chi connectivity index (χ1v) is 5.35. The third kappa shape index (κ3) is 4.16. The van der Waals surface area contributed by atoms with Crippen LogP contribution in [-0.4, -0.2) is 18.2 Å². The minimum Gasteiger partial charge on any atom is -0.383 e. The highest BCUT2D eigenvalue weighted by molar-refractivity contribution is 6.30. The SMILES string of the molecule is NC(=NC(=C(Cl)C(F)(F)F)C(F)(F)F)c1ccccc1. The average Bonchev–Trinajstić information content (AvgIpc) is 2.33. The van der Waals surface area contributed by atoms with Crippen molar-refractivity contribution in [2.45, 2.75) is 12.4 Å². The number of rotatable bonds is 2. The summed E-state index contributed by atoms with van der Waals surface area (Å²) < 4.78 is 74.6. The second-order valence-corrected chi connectivity index (χ2v) is 3.90. The van der Waals surface area contributed by atoms with Crippen LogP contribution in [0.3, 0.4) is 0 Å². The predicted molar refractivity (Wildman–Crippen MR) is 62.2 cm³/mol. The van der Waals surface area contributed by atoms with Crippen molar-refractivity contribution in [2.24, 2.45) is 10.7 Å². The number of halogens is 7. The lowest BCUT2D eigenvalue weighted by atomic mass is 10.2. The van der Waals surface area contributed by atoms with E-state index in [2.05, 4.69) is 4.99 Å². The number of hydrogen-bond acceptors (Lipinski definition) is 1. The van der Waals surface area contributed by atoms with Gasteiger partial charge in [-0.05, 0) is 0 Å². The number of alkyl halides is 6. The van der Waals surface area contributed by atoms with Crippen molar-refractivity contribution in [3.8, 4) is 0 Å². The number of amidine groups is 1. The lowest BCUT2D eigenvalue weighted by Crippen LogP contribution is -2.22. The fraction of sp³-hybridized carbons (Fsp3) is 0.182. The van der Waals surface area contributed by atoms with Crippen molar-refractivity contribution in [1.29, 1.82) is 0 Å². The van der Waals surface area contributed by atoms with Crippen LogP contribution in [0.15, 0.2) is 46.1 Å². The van der Waals surface area contributed by atoms with Crippen LogP contribution in [0.2, 0.25) is 0 Å². The predicted octanol–water partition coefficient (Wildman–Crippen LogP) is 3.97. The third-order valence-corrected chi connectivity index (χ3v) is 2.42. The van der Waals surface area contributed by atoms with Gasteiger partial charge in [-0.2, -0.15) is 26.3 Å². The van der Waals surface area contributed by atoms with Crippen LogP contribution in [-0.2, 0) is 0 Å². The Balaban J connectivity index is 3.36. The molecule has 0 atom stereocenters. The quantitative estimate of drug-likeness (QED) is 0.500. The van der Waals surface area contributed by atoms with Crippen molar-refractivity contribution in [3.05, 3.63) is 46.6 Å². The maximum atomic E-state index is 12.6. The van der Waals surface area contributed by atoms with E-state index >= 15 is 0 Å². The molecule has 0 heterocycles. The molecule has 0 aliphatic carbocycles. The number of allylic oxidation sites excluding steroid dienone is 2. The molecule has 0 aliphatic heterocycles. The lowest BCUT2D eigenvalue weighted by molar-refractivity contribution is -0.111. The van der Waals surface area contributed by atoms with Gasteiger partial charge in [0.05, 0.1) is 0 Å². The van der Waals surface area contributed by atoms with Crippen molar-refractivity contribution in [2.75, 3.05) is 0 Å². The Kier molecular flexibility index (Phi) is 4.69. The molecule has 0 aromatic heterocycles. The highest BCUT2D eigenvalue weighted by atomic mass is 35.5. The Labute approximate surface area is 114 Å². The van der Waals surface area contributed by atoms with Crippen molar-refractivity contribution >= 4 is 17.4 Å². The van der Waals surface area contributed by atoms with Gasteiger partial charge in [0.2, 0.25) is 0 Å². The summed E-state index contributed by atoms with van der Waals surface area (Å²) in [5, 5.41) is -2.37. The highest BCUT2D eigenvalue weighted by Crippen LogP contribution is 2.39. The van der Waals surface area contributed by atoms with Crippen LogP contribution in [0, 0.1) is 0 Å². The van der Waals surface area contributed by atoms with Gasteiger partial charge in [0.25, 0.3) is 0 Å². The summed E-state index contributed by atoms with van der Waals surface area (Å²) in [4.78, 5) is 2.78. The van der Waals surface area contributed by atoms with Crippen molar-refractivity contribution < 1.29 is 26.3 Å². The lowest BCUT2D eigenvalue weighted by Gasteiger charge is -2.13. The first-order chi connectivity index (χ1) is 9.03. The van der Waals surface area contributed by atoms with Crippen molar-refractivity contribution in [3.63, 3.8) is 0 Å². The van der Waals surface area contributed by atoms with E-state index < -0.39 is 28.9 Å². The molecule has 2 N–H and O–H groups in total. The molecule has 2 nitrogen and oxygen atoms in total. The molecule has 110 valence electrons. The first kappa shape index (κ1) is 16.4. The average molecular weight is 317 g/mol. The summed E-state index contributed by atoms with van der Waals surface area (Å²) in [6.45, 7) is 0. The largest absolute Gasteiger partial charge is 0.434 e. The molecule has 0 bridgehead atoms. The molecule has 0 fully saturated rings. The zero-order chi connectivity index (χ0) is 15.6. The molecular formula is C11H7ClF6N2. The van der Waals surface area contributed by atoms with E-state index in [4.69, 9.17) is 17.3 Å². The number of aliphatic imine (C=N–C) groups is 1. The Morgan fingerprint density at radius 1 is 0.950 bits per heavy atom. The number of nitrogens with zero attached hydrogens (tertiary/aromatic N) is 1. The fourth-order valence-corrected chi connectivity index (χ4v) is 1.31. The molecule has 0 saturated carbocycles. The molecule has 0 unspecified atom stereocenters. The monoisotopic (exact) mass is 316 g/mol. The van der Waals surface area contributed by atoms with Crippen LogP contribution < -0.4 is 5.73 Å². The molecule has 9 heteroatoms. The zero-order valence-corrected chi connectivity index (χ0v) is 10.3. The van der Waals surface area contributed by atoms with Crippen LogP contribution in [0.4, 0.5) is 26.3 Å². The van der Waals surface area contributed by atoms with Gasteiger partial charge in [-0.25, -0.2) is 4.99 Å². The topological polar surface area (TPSA) is 38.4 Å². The van der Waals surface area contributed by atoms with Gasteiger partial charge < -0.3 is 5.73 Å². The molecule has 0 spiro atoms. The molecule has 0 saturated heterocycles. The van der Waals surface area contributed by atoms with Crippen LogP contribution in [0.25, 0.3) is 0 Å². The van der Waals surface area contributed by atoms with E-state index in [1.54, 1.807) is 6.07 Å².